The molecule has 144 valence electrons. The van der Waals surface area contributed by atoms with E-state index in [4.69, 9.17) is 20.4 Å². The maximum absolute atomic E-state index is 10.1. The highest BCUT2D eigenvalue weighted by Gasteiger charge is 2.10. The van der Waals surface area contributed by atoms with Crippen LogP contribution >= 0.6 is 0 Å². The number of aliphatic carboxylic acids is 2. The second-order valence-corrected chi connectivity index (χ2v) is 5.16. The minimum Gasteiger partial charge on any atom is -0.481 e. The van der Waals surface area contributed by atoms with Crippen LogP contribution in [-0.4, -0.2) is 57.0 Å². The normalized spacial score (nSPS) is 13.1. The van der Waals surface area contributed by atoms with Crippen molar-refractivity contribution < 1.29 is 44.3 Å². The zero-order valence-electron chi connectivity index (χ0n) is 14.2. The van der Waals surface area contributed by atoms with E-state index in [0.717, 1.165) is 31.4 Å². The number of carboxylic acid groups (broad SMARTS) is 2. The molecule has 0 aromatic heterocycles. The molecule has 1 atom stereocenters. The number of carbonyl (C=O) groups is 4. The van der Waals surface area contributed by atoms with Crippen molar-refractivity contribution in [3.8, 4) is 0 Å². The summed E-state index contributed by atoms with van der Waals surface area (Å²) in [4.78, 5) is 40.0. The Labute approximate surface area is 145 Å². The van der Waals surface area contributed by atoms with Gasteiger partial charge in [-0.2, -0.15) is 0 Å². The molecule has 9 nitrogen and oxygen atoms in total. The van der Waals surface area contributed by atoms with E-state index in [9.17, 15) is 19.2 Å². The SMILES string of the molecule is CC(O)CO.O=C(O)CCCCCCCC(=O)O.O=C1C=CC(=O)O1. The van der Waals surface area contributed by atoms with E-state index in [-0.39, 0.29) is 19.4 Å². The van der Waals surface area contributed by atoms with Crippen molar-refractivity contribution in [3.63, 3.8) is 0 Å². The molecule has 1 unspecified atom stereocenters. The molecule has 1 aliphatic heterocycles. The summed E-state index contributed by atoms with van der Waals surface area (Å²) >= 11 is 0. The van der Waals surface area contributed by atoms with Gasteiger partial charge in [0.1, 0.15) is 0 Å². The van der Waals surface area contributed by atoms with Gasteiger partial charge in [-0.1, -0.05) is 19.3 Å². The number of carbonyl (C=O) groups excluding carboxylic acids is 2. The lowest BCUT2D eigenvalue weighted by Gasteiger charge is -1.97. The largest absolute Gasteiger partial charge is 0.481 e. The number of aliphatic hydroxyl groups excluding tert-OH is 2. The van der Waals surface area contributed by atoms with Crippen molar-refractivity contribution >= 4 is 23.9 Å². The Balaban J connectivity index is 0. The first-order valence-corrected chi connectivity index (χ1v) is 7.85. The molecular formula is C16H26O9. The van der Waals surface area contributed by atoms with Crippen molar-refractivity contribution in [2.24, 2.45) is 0 Å². The van der Waals surface area contributed by atoms with Crippen LogP contribution in [0.25, 0.3) is 0 Å². The molecule has 0 aliphatic carbocycles. The second-order valence-electron chi connectivity index (χ2n) is 5.16. The molecule has 0 aromatic carbocycles. The Kier molecular flexibility index (Phi) is 16.6. The van der Waals surface area contributed by atoms with E-state index < -0.39 is 30.0 Å². The predicted octanol–water partition coefficient (Wildman–Crippen LogP) is 0.872. The number of cyclic esters (lactones) is 2. The Morgan fingerprint density at radius 1 is 0.920 bits per heavy atom. The molecular weight excluding hydrogens is 336 g/mol. The van der Waals surface area contributed by atoms with E-state index in [2.05, 4.69) is 4.74 Å². The lowest BCUT2D eigenvalue weighted by molar-refractivity contribution is -0.150. The van der Waals surface area contributed by atoms with Crippen LogP contribution in [0.5, 0.6) is 0 Å². The van der Waals surface area contributed by atoms with Crippen LogP contribution in [0.4, 0.5) is 0 Å². The van der Waals surface area contributed by atoms with Crippen molar-refractivity contribution in [2.75, 3.05) is 6.61 Å². The molecule has 0 aromatic rings. The van der Waals surface area contributed by atoms with Gasteiger partial charge < -0.3 is 25.2 Å². The fourth-order valence-corrected chi connectivity index (χ4v) is 1.39. The third-order valence-corrected chi connectivity index (χ3v) is 2.60. The van der Waals surface area contributed by atoms with E-state index in [1.807, 2.05) is 0 Å². The summed E-state index contributed by atoms with van der Waals surface area (Å²) in [5.74, 6) is -2.67. The first kappa shape index (κ1) is 25.0. The minimum absolute atomic E-state index is 0.139. The van der Waals surface area contributed by atoms with Crippen LogP contribution in [0.15, 0.2) is 12.2 Å². The molecule has 0 spiro atoms. The zero-order valence-corrected chi connectivity index (χ0v) is 14.2. The number of carboxylic acids is 2. The quantitative estimate of drug-likeness (QED) is 0.265. The second kappa shape index (κ2) is 16.6. The standard InChI is InChI=1S/C9H16O4.C4H2O3.C3H8O2/c10-8(11)6-4-2-1-3-5-7-9(12)13;5-3-1-2-4(6)7-3;1-3(5)2-4/h1-7H2,(H,10,11)(H,12,13);1-2H;3-5H,2H2,1H3. The van der Waals surface area contributed by atoms with Crippen molar-refractivity contribution in [3.05, 3.63) is 12.2 Å². The molecule has 0 radical (unpaired) electrons. The summed E-state index contributed by atoms with van der Waals surface area (Å²) in [5, 5.41) is 32.6. The summed E-state index contributed by atoms with van der Waals surface area (Å²) in [6, 6.07) is 0. The first-order chi connectivity index (χ1) is 11.7. The van der Waals surface area contributed by atoms with Crippen LogP contribution < -0.4 is 0 Å². The molecule has 9 heteroatoms. The van der Waals surface area contributed by atoms with Gasteiger partial charge >= 0.3 is 23.9 Å². The van der Waals surface area contributed by atoms with Crippen molar-refractivity contribution in [2.45, 2.75) is 58.0 Å². The molecule has 0 saturated heterocycles. The van der Waals surface area contributed by atoms with E-state index in [1.165, 1.54) is 6.92 Å². The number of hydrogen-bond acceptors (Lipinski definition) is 7. The fraction of sp³-hybridized carbons (Fsp3) is 0.625. The van der Waals surface area contributed by atoms with Crippen molar-refractivity contribution in [1.82, 2.24) is 0 Å². The summed E-state index contributed by atoms with van der Waals surface area (Å²) in [6.45, 7) is 1.39. The average Bonchev–Trinajstić information content (AvgIpc) is 2.90. The van der Waals surface area contributed by atoms with Crippen molar-refractivity contribution in [1.29, 1.82) is 0 Å². The highest BCUT2D eigenvalue weighted by atomic mass is 16.6. The van der Waals surface area contributed by atoms with E-state index in [0.29, 0.717) is 12.8 Å². The third kappa shape index (κ3) is 24.1. The number of unbranched alkanes of at least 4 members (excludes halogenated alkanes) is 4. The van der Waals surface area contributed by atoms with Crippen LogP contribution in [0.1, 0.15) is 51.9 Å². The van der Waals surface area contributed by atoms with Gasteiger partial charge in [-0.25, -0.2) is 9.59 Å². The Morgan fingerprint density at radius 2 is 1.24 bits per heavy atom. The Hall–Kier alpha value is -2.26. The average molecular weight is 362 g/mol. The highest BCUT2D eigenvalue weighted by molar-refractivity contribution is 6.04. The predicted molar refractivity (Wildman–Crippen MR) is 86.6 cm³/mol. The zero-order chi connectivity index (χ0) is 19.7. The monoisotopic (exact) mass is 362 g/mol. The number of aliphatic hydroxyl groups is 2. The van der Waals surface area contributed by atoms with Gasteiger partial charge in [-0.3, -0.25) is 9.59 Å². The molecule has 0 fully saturated rings. The first-order valence-electron chi connectivity index (χ1n) is 7.85. The molecule has 0 amide bonds. The summed E-state index contributed by atoms with van der Waals surface area (Å²) in [7, 11) is 0. The number of rotatable bonds is 9. The molecule has 1 aliphatic rings. The summed E-state index contributed by atoms with van der Waals surface area (Å²) in [6.07, 6.45) is 6.14. The lowest BCUT2D eigenvalue weighted by atomic mass is 10.1. The number of hydrogen-bond donors (Lipinski definition) is 4. The van der Waals surface area contributed by atoms with Gasteiger partial charge in [0.25, 0.3) is 0 Å². The van der Waals surface area contributed by atoms with Gasteiger partial charge in [-0.15, -0.1) is 0 Å². The van der Waals surface area contributed by atoms with Crippen LogP contribution in [0.2, 0.25) is 0 Å². The lowest BCUT2D eigenvalue weighted by Crippen LogP contribution is -2.03. The van der Waals surface area contributed by atoms with Gasteiger partial charge in [-0.05, 0) is 19.8 Å². The maximum atomic E-state index is 10.1. The number of ether oxygens (including phenoxy) is 1. The van der Waals surface area contributed by atoms with Gasteiger partial charge in [0, 0.05) is 25.0 Å². The van der Waals surface area contributed by atoms with Gasteiger partial charge in [0.15, 0.2) is 0 Å². The van der Waals surface area contributed by atoms with Crippen LogP contribution in [-0.2, 0) is 23.9 Å². The third-order valence-electron chi connectivity index (χ3n) is 2.60. The summed E-state index contributed by atoms with van der Waals surface area (Å²) < 4.78 is 3.97. The van der Waals surface area contributed by atoms with Crippen LogP contribution in [0.3, 0.4) is 0 Å². The molecule has 0 bridgehead atoms. The molecule has 25 heavy (non-hydrogen) atoms. The van der Waals surface area contributed by atoms with Gasteiger partial charge in [0.2, 0.25) is 0 Å². The molecule has 1 heterocycles. The smallest absolute Gasteiger partial charge is 0.338 e. The fourth-order valence-electron chi connectivity index (χ4n) is 1.39. The Bertz CT molecular complexity index is 407. The highest BCUT2D eigenvalue weighted by Crippen LogP contribution is 2.06. The Morgan fingerprint density at radius 3 is 1.44 bits per heavy atom. The topological polar surface area (TPSA) is 158 Å². The number of esters is 2. The van der Waals surface area contributed by atoms with E-state index >= 15 is 0 Å². The molecule has 1 rings (SSSR count). The minimum atomic E-state index is -0.759. The summed E-state index contributed by atoms with van der Waals surface area (Å²) in [5.41, 5.74) is 0. The molecule has 0 saturated carbocycles. The maximum Gasteiger partial charge on any atom is 0.338 e. The van der Waals surface area contributed by atoms with E-state index in [1.54, 1.807) is 0 Å². The van der Waals surface area contributed by atoms with Crippen LogP contribution in [0, 0.1) is 0 Å². The van der Waals surface area contributed by atoms with Gasteiger partial charge in [0.05, 0.1) is 12.7 Å². The molecule has 4 N–H and O–H groups in total.